The van der Waals surface area contributed by atoms with Crippen molar-refractivity contribution in [2.75, 3.05) is 5.32 Å². The largest absolute Gasteiger partial charge is 1.00 e. The summed E-state index contributed by atoms with van der Waals surface area (Å²) in [6.45, 7) is 7.30. The summed E-state index contributed by atoms with van der Waals surface area (Å²) < 4.78 is 27.0. The average Bonchev–Trinajstić information content (AvgIpc) is 2.23. The first-order valence-corrected chi connectivity index (χ1v) is 4.94. The van der Waals surface area contributed by atoms with E-state index in [1.54, 1.807) is 0 Å². The molecule has 0 bridgehead atoms. The number of allylic oxidation sites excluding steroid dienone is 2. The number of hydrogen-bond acceptors (Lipinski definition) is 2. The predicted molar refractivity (Wildman–Crippen MR) is 63.6 cm³/mol. The molecular formula is C12H8CsF2NS. The van der Waals surface area contributed by atoms with Crippen molar-refractivity contribution < 1.29 is 77.7 Å². The second-order valence-electron chi connectivity index (χ2n) is 3.38. The van der Waals surface area contributed by atoms with Gasteiger partial charge in [0, 0.05) is 11.8 Å². The Labute approximate surface area is 163 Å². The van der Waals surface area contributed by atoms with Crippen LogP contribution >= 0.6 is 0 Å². The molecule has 1 aromatic carbocycles. The summed E-state index contributed by atoms with van der Waals surface area (Å²) in [6, 6.07) is 2.13. The molecule has 0 amide bonds. The summed E-state index contributed by atoms with van der Waals surface area (Å²) in [6.07, 6.45) is 1.49. The van der Waals surface area contributed by atoms with Crippen LogP contribution < -0.4 is 74.2 Å². The molecule has 1 aliphatic heterocycles. The number of nitrogens with one attached hydrogen (secondary N) is 1. The second-order valence-corrected chi connectivity index (χ2v) is 3.88. The number of halogens is 2. The van der Waals surface area contributed by atoms with E-state index in [1.165, 1.54) is 6.20 Å². The summed E-state index contributed by atoms with van der Waals surface area (Å²) in [4.78, 5) is 0.340. The molecule has 1 heterocycles. The van der Waals surface area contributed by atoms with E-state index in [9.17, 15) is 8.78 Å². The van der Waals surface area contributed by atoms with Crippen molar-refractivity contribution in [2.45, 2.75) is 0 Å². The first kappa shape index (κ1) is 15.4. The fourth-order valence-electron chi connectivity index (χ4n) is 1.60. The van der Waals surface area contributed by atoms with Crippen LogP contribution in [0.4, 0.5) is 14.5 Å². The van der Waals surface area contributed by atoms with Crippen LogP contribution in [-0.2, 0) is 12.6 Å². The fraction of sp³-hybridized carbons (Fsp3) is 0. The van der Waals surface area contributed by atoms with Gasteiger partial charge in [-0.25, -0.2) is 8.78 Å². The van der Waals surface area contributed by atoms with Crippen molar-refractivity contribution in [3.8, 4) is 0 Å². The van der Waals surface area contributed by atoms with Gasteiger partial charge in [-0.3, -0.25) is 0 Å². The molecule has 2 rings (SSSR count). The predicted octanol–water partition coefficient (Wildman–Crippen LogP) is 0.352. The van der Waals surface area contributed by atoms with Gasteiger partial charge < -0.3 is 17.9 Å². The molecular weight excluding hydrogens is 361 g/mol. The molecule has 0 fully saturated rings. The van der Waals surface area contributed by atoms with E-state index < -0.39 is 11.6 Å². The summed E-state index contributed by atoms with van der Waals surface area (Å²) in [5.41, 5.74) is 1.08. The number of benzene rings is 1. The van der Waals surface area contributed by atoms with E-state index >= 15 is 0 Å². The average molecular weight is 369 g/mol. The molecule has 1 aliphatic rings. The standard InChI is InChI=1S/C12H9F2NS.Cs/c1-6-8(7(2)16)5-15-12-10(14)4-3-9(13)11(6)12;/h3-5,15-16H,1-2H2;/q;+1/p-1. The molecule has 0 saturated carbocycles. The van der Waals surface area contributed by atoms with Crippen LogP contribution in [0.3, 0.4) is 0 Å². The van der Waals surface area contributed by atoms with Gasteiger partial charge in [0.25, 0.3) is 0 Å². The summed E-state index contributed by atoms with van der Waals surface area (Å²) in [5, 5.41) is 2.67. The molecule has 1 aromatic rings. The molecule has 0 aliphatic carbocycles. The third-order valence-electron chi connectivity index (χ3n) is 2.39. The third-order valence-corrected chi connectivity index (χ3v) is 2.61. The fourth-order valence-corrected chi connectivity index (χ4v) is 1.79. The molecule has 17 heavy (non-hydrogen) atoms. The smallest absolute Gasteiger partial charge is 0.780 e. The number of fused-ring (bicyclic) bond motifs is 1. The van der Waals surface area contributed by atoms with Gasteiger partial charge in [-0.15, -0.1) is 6.58 Å². The molecule has 0 atom stereocenters. The van der Waals surface area contributed by atoms with E-state index in [4.69, 9.17) is 12.6 Å². The summed E-state index contributed by atoms with van der Waals surface area (Å²) >= 11 is 4.90. The van der Waals surface area contributed by atoms with Gasteiger partial charge in [0.05, 0.1) is 5.69 Å². The minimum atomic E-state index is -0.532. The Morgan fingerprint density at radius 2 is 1.82 bits per heavy atom. The summed E-state index contributed by atoms with van der Waals surface area (Å²) in [7, 11) is 0. The molecule has 0 radical (unpaired) electrons. The molecule has 0 aromatic heterocycles. The van der Waals surface area contributed by atoms with Crippen molar-refractivity contribution in [2.24, 2.45) is 0 Å². The first-order valence-electron chi connectivity index (χ1n) is 4.53. The Kier molecular flexibility index (Phi) is 5.45. The minimum absolute atomic E-state index is 0. The van der Waals surface area contributed by atoms with Crippen molar-refractivity contribution >= 4 is 23.9 Å². The zero-order valence-corrected chi connectivity index (χ0v) is 16.4. The summed E-state index contributed by atoms with van der Waals surface area (Å²) in [5.74, 6) is -1.06. The van der Waals surface area contributed by atoms with Crippen molar-refractivity contribution in [3.63, 3.8) is 0 Å². The number of rotatable bonds is 1. The van der Waals surface area contributed by atoms with Crippen LogP contribution in [0.15, 0.2) is 42.0 Å². The van der Waals surface area contributed by atoms with Crippen LogP contribution in [0.25, 0.3) is 5.57 Å². The van der Waals surface area contributed by atoms with E-state index in [-0.39, 0.29) is 80.1 Å². The van der Waals surface area contributed by atoms with Gasteiger partial charge in [0.2, 0.25) is 0 Å². The Hall–Kier alpha value is 0.372. The second kappa shape index (κ2) is 6.01. The Morgan fingerprint density at radius 3 is 2.41 bits per heavy atom. The molecule has 5 heteroatoms. The topological polar surface area (TPSA) is 12.0 Å². The van der Waals surface area contributed by atoms with Gasteiger partial charge in [-0.1, -0.05) is 6.58 Å². The zero-order valence-electron chi connectivity index (χ0n) is 9.31. The van der Waals surface area contributed by atoms with Gasteiger partial charge in [0.15, 0.2) is 0 Å². The molecule has 1 nitrogen and oxygen atoms in total. The SMILES string of the molecule is C=C([S-])C1=CNc2c(F)ccc(F)c2C1=C.[Cs+]. The minimum Gasteiger partial charge on any atom is -0.780 e. The van der Waals surface area contributed by atoms with Crippen molar-refractivity contribution in [3.05, 3.63) is 59.2 Å². The Balaban J connectivity index is 0.00000144. The monoisotopic (exact) mass is 369 g/mol. The molecule has 1 N–H and O–H groups in total. The van der Waals surface area contributed by atoms with E-state index in [0.717, 1.165) is 12.1 Å². The molecule has 0 unspecified atom stereocenters. The normalized spacial score (nSPS) is 13.1. The van der Waals surface area contributed by atoms with Gasteiger partial charge in [-0.2, -0.15) is 4.91 Å². The zero-order chi connectivity index (χ0) is 11.9. The van der Waals surface area contributed by atoms with Crippen LogP contribution in [0.5, 0.6) is 0 Å². The van der Waals surface area contributed by atoms with Gasteiger partial charge in [-0.05, 0) is 23.3 Å². The van der Waals surface area contributed by atoms with Gasteiger partial charge in [0.1, 0.15) is 11.6 Å². The number of anilines is 1. The van der Waals surface area contributed by atoms with Crippen molar-refractivity contribution in [1.29, 1.82) is 0 Å². The van der Waals surface area contributed by atoms with Crippen LogP contribution in [0.2, 0.25) is 0 Å². The molecule has 0 saturated heterocycles. The van der Waals surface area contributed by atoms with E-state index in [0.29, 0.717) is 16.1 Å². The van der Waals surface area contributed by atoms with Gasteiger partial charge >= 0.3 is 68.9 Å². The molecule has 82 valence electrons. The van der Waals surface area contributed by atoms with Crippen molar-refractivity contribution in [1.82, 2.24) is 0 Å². The van der Waals surface area contributed by atoms with Crippen LogP contribution in [0.1, 0.15) is 5.56 Å². The van der Waals surface area contributed by atoms with E-state index in [2.05, 4.69) is 18.5 Å². The number of hydrogen-bond donors (Lipinski definition) is 1. The third kappa shape index (κ3) is 2.86. The Morgan fingerprint density at radius 1 is 1.24 bits per heavy atom. The first-order chi connectivity index (χ1) is 7.52. The maximum atomic E-state index is 13.6. The molecule has 0 spiro atoms. The maximum Gasteiger partial charge on any atom is 1.00 e. The maximum absolute atomic E-state index is 13.6. The quantitative estimate of drug-likeness (QED) is 0.718. The van der Waals surface area contributed by atoms with Crippen LogP contribution in [-0.4, -0.2) is 0 Å². The van der Waals surface area contributed by atoms with E-state index in [1.807, 2.05) is 0 Å². The van der Waals surface area contributed by atoms with Crippen LogP contribution in [0, 0.1) is 11.6 Å². The Bertz CT molecular complexity index is 538.